The molecule has 0 spiro atoms. The number of carbonyl (C=O) groups is 2. The number of anilines is 2. The monoisotopic (exact) mass is 485 g/mol. The van der Waals surface area contributed by atoms with Crippen LogP contribution in [-0.4, -0.2) is 46.8 Å². The van der Waals surface area contributed by atoms with E-state index in [0.717, 1.165) is 42.0 Å². The molecule has 0 radical (unpaired) electrons. The quantitative estimate of drug-likeness (QED) is 0.443. The summed E-state index contributed by atoms with van der Waals surface area (Å²) in [5.74, 6) is -0.359. The molecule has 0 aliphatic carbocycles. The van der Waals surface area contributed by atoms with Gasteiger partial charge >= 0.3 is 0 Å². The highest BCUT2D eigenvalue weighted by atomic mass is 16.2. The largest absolute Gasteiger partial charge is 0.313 e. The van der Waals surface area contributed by atoms with Gasteiger partial charge in [0.15, 0.2) is 0 Å². The van der Waals surface area contributed by atoms with Crippen LogP contribution < -0.4 is 9.80 Å². The van der Waals surface area contributed by atoms with E-state index in [0.29, 0.717) is 13.1 Å². The normalized spacial score (nSPS) is 15.3. The minimum absolute atomic E-state index is 0.167. The smallest absolute Gasteiger partial charge is 0.242 e. The summed E-state index contributed by atoms with van der Waals surface area (Å²) in [4.78, 5) is 40.7. The van der Waals surface area contributed by atoms with Crippen molar-refractivity contribution in [2.75, 3.05) is 29.9 Å². The number of amides is 2. The number of nitrogens with zero attached hydrogens (tertiary/aromatic N) is 5. The third kappa shape index (κ3) is 5.16. The van der Waals surface area contributed by atoms with Crippen molar-refractivity contribution in [3.8, 4) is 0 Å². The zero-order valence-corrected chi connectivity index (χ0v) is 21.9. The zero-order chi connectivity index (χ0) is 25.9. The van der Waals surface area contributed by atoms with Gasteiger partial charge in [-0.1, -0.05) is 12.1 Å². The maximum atomic E-state index is 13.2. The number of benzene rings is 1. The van der Waals surface area contributed by atoms with Crippen LogP contribution in [0, 0.1) is 12.3 Å². The Hall–Kier alpha value is -3.58. The standard InChI is InChI=1S/C29H35N5O2/c1-6-34-25-10-9-23(16-26(25)32(5)27(35)29(3,4)28(34)36)19-33(15-12-22-8-7-13-30-18-22)20-24-11-14-31-17-21(24)2/h7-11,13-14,16-18H,6,12,15,19-20H2,1-5H3. The van der Waals surface area contributed by atoms with Gasteiger partial charge in [-0.3, -0.25) is 24.5 Å². The molecule has 0 N–H and O–H groups in total. The molecule has 0 saturated carbocycles. The molecule has 0 saturated heterocycles. The fourth-order valence-electron chi connectivity index (χ4n) is 4.77. The van der Waals surface area contributed by atoms with Crippen LogP contribution in [0.4, 0.5) is 11.4 Å². The van der Waals surface area contributed by atoms with Gasteiger partial charge in [0.2, 0.25) is 11.8 Å². The Labute approximate surface area is 213 Å². The topological polar surface area (TPSA) is 69.6 Å². The molecule has 36 heavy (non-hydrogen) atoms. The molecule has 3 aromatic rings. The van der Waals surface area contributed by atoms with Gasteiger partial charge in [0.1, 0.15) is 5.41 Å². The van der Waals surface area contributed by atoms with Crippen molar-refractivity contribution in [3.63, 3.8) is 0 Å². The van der Waals surface area contributed by atoms with Crippen molar-refractivity contribution in [3.05, 3.63) is 83.4 Å². The molecule has 188 valence electrons. The van der Waals surface area contributed by atoms with Gasteiger partial charge in [-0.15, -0.1) is 0 Å². The van der Waals surface area contributed by atoms with Gasteiger partial charge in [0, 0.05) is 58.0 Å². The van der Waals surface area contributed by atoms with E-state index in [-0.39, 0.29) is 11.8 Å². The molecule has 7 nitrogen and oxygen atoms in total. The average Bonchev–Trinajstić information content (AvgIpc) is 2.93. The van der Waals surface area contributed by atoms with Gasteiger partial charge in [-0.2, -0.15) is 0 Å². The number of aryl methyl sites for hydroxylation is 1. The summed E-state index contributed by atoms with van der Waals surface area (Å²) in [6.07, 6.45) is 8.32. The first-order valence-corrected chi connectivity index (χ1v) is 12.5. The van der Waals surface area contributed by atoms with Crippen molar-refractivity contribution in [1.29, 1.82) is 0 Å². The molecule has 0 atom stereocenters. The van der Waals surface area contributed by atoms with Crippen LogP contribution in [0.25, 0.3) is 0 Å². The summed E-state index contributed by atoms with van der Waals surface area (Å²) in [5, 5.41) is 0. The van der Waals surface area contributed by atoms with E-state index < -0.39 is 5.41 Å². The zero-order valence-electron chi connectivity index (χ0n) is 21.9. The average molecular weight is 486 g/mol. The van der Waals surface area contributed by atoms with E-state index >= 15 is 0 Å². The SMILES string of the molecule is CCN1C(=O)C(C)(C)C(=O)N(C)c2cc(CN(CCc3cccnc3)Cc3ccncc3C)ccc21. The van der Waals surface area contributed by atoms with Crippen LogP contribution in [0.15, 0.2) is 61.2 Å². The lowest BCUT2D eigenvalue weighted by molar-refractivity contribution is -0.137. The Bertz CT molecular complexity index is 1240. The molecule has 7 heteroatoms. The van der Waals surface area contributed by atoms with Crippen LogP contribution >= 0.6 is 0 Å². The van der Waals surface area contributed by atoms with Gasteiger partial charge in [-0.05, 0) is 80.6 Å². The highest BCUT2D eigenvalue weighted by molar-refractivity contribution is 6.19. The van der Waals surface area contributed by atoms with Crippen LogP contribution in [0.1, 0.15) is 43.0 Å². The summed E-state index contributed by atoms with van der Waals surface area (Å²) in [7, 11) is 1.76. The van der Waals surface area contributed by atoms with Crippen molar-refractivity contribution < 1.29 is 9.59 Å². The predicted molar refractivity (Wildman–Crippen MR) is 143 cm³/mol. The Kier molecular flexibility index (Phi) is 7.50. The second-order valence-electron chi connectivity index (χ2n) is 9.99. The molecule has 1 aromatic carbocycles. The number of hydrogen-bond donors (Lipinski definition) is 0. The number of fused-ring (bicyclic) bond motifs is 1. The summed E-state index contributed by atoms with van der Waals surface area (Å²) in [6.45, 7) is 10.3. The third-order valence-electron chi connectivity index (χ3n) is 7.00. The fraction of sp³-hybridized carbons (Fsp3) is 0.379. The maximum absolute atomic E-state index is 13.2. The molecular formula is C29H35N5O2. The Morgan fingerprint density at radius 2 is 1.69 bits per heavy atom. The molecule has 3 heterocycles. The molecule has 0 fully saturated rings. The van der Waals surface area contributed by atoms with E-state index in [1.54, 1.807) is 36.9 Å². The number of pyridine rings is 2. The second-order valence-corrected chi connectivity index (χ2v) is 9.99. The van der Waals surface area contributed by atoms with Crippen molar-refractivity contribution in [2.24, 2.45) is 5.41 Å². The number of hydrogen-bond acceptors (Lipinski definition) is 5. The van der Waals surface area contributed by atoms with Crippen LogP contribution in [0.3, 0.4) is 0 Å². The van der Waals surface area contributed by atoms with Gasteiger partial charge in [-0.25, -0.2) is 0 Å². The molecule has 0 bridgehead atoms. The Balaban J connectivity index is 1.64. The van der Waals surface area contributed by atoms with E-state index in [1.807, 2.05) is 37.6 Å². The Morgan fingerprint density at radius 3 is 2.39 bits per heavy atom. The maximum Gasteiger partial charge on any atom is 0.242 e. The van der Waals surface area contributed by atoms with E-state index in [1.165, 1.54) is 11.1 Å². The summed E-state index contributed by atoms with van der Waals surface area (Å²) in [5.41, 5.74) is 5.12. The highest BCUT2D eigenvalue weighted by Gasteiger charge is 2.45. The molecule has 2 aromatic heterocycles. The predicted octanol–water partition coefficient (Wildman–Crippen LogP) is 4.39. The van der Waals surface area contributed by atoms with Crippen LogP contribution in [-0.2, 0) is 29.1 Å². The third-order valence-corrected chi connectivity index (χ3v) is 7.00. The molecule has 1 aliphatic heterocycles. The first kappa shape index (κ1) is 25.5. The van der Waals surface area contributed by atoms with Crippen LogP contribution in [0.2, 0.25) is 0 Å². The minimum Gasteiger partial charge on any atom is -0.313 e. The lowest BCUT2D eigenvalue weighted by Gasteiger charge is -2.27. The van der Waals surface area contributed by atoms with Crippen molar-refractivity contribution >= 4 is 23.2 Å². The highest BCUT2D eigenvalue weighted by Crippen LogP contribution is 2.39. The van der Waals surface area contributed by atoms with E-state index in [4.69, 9.17) is 0 Å². The lowest BCUT2D eigenvalue weighted by Crippen LogP contribution is -2.47. The molecule has 4 rings (SSSR count). The first-order valence-electron chi connectivity index (χ1n) is 12.5. The van der Waals surface area contributed by atoms with Crippen LogP contribution in [0.5, 0.6) is 0 Å². The minimum atomic E-state index is -1.11. The summed E-state index contributed by atoms with van der Waals surface area (Å²) >= 11 is 0. The van der Waals surface area contributed by atoms with E-state index in [2.05, 4.69) is 46.1 Å². The number of rotatable bonds is 8. The summed E-state index contributed by atoms with van der Waals surface area (Å²) in [6, 6.07) is 12.2. The van der Waals surface area contributed by atoms with Gasteiger partial charge in [0.05, 0.1) is 11.4 Å². The summed E-state index contributed by atoms with van der Waals surface area (Å²) < 4.78 is 0. The Morgan fingerprint density at radius 1 is 0.917 bits per heavy atom. The van der Waals surface area contributed by atoms with Gasteiger partial charge < -0.3 is 9.80 Å². The fourth-order valence-corrected chi connectivity index (χ4v) is 4.77. The second kappa shape index (κ2) is 10.6. The van der Waals surface area contributed by atoms with E-state index in [9.17, 15) is 9.59 Å². The molecule has 2 amide bonds. The van der Waals surface area contributed by atoms with Gasteiger partial charge in [0.25, 0.3) is 0 Å². The molecule has 1 aliphatic rings. The van der Waals surface area contributed by atoms with Crippen molar-refractivity contribution in [2.45, 2.75) is 47.2 Å². The molecular weight excluding hydrogens is 450 g/mol. The first-order chi connectivity index (χ1) is 17.2. The molecule has 0 unspecified atom stereocenters. The number of carbonyl (C=O) groups excluding carboxylic acids is 2. The lowest BCUT2D eigenvalue weighted by atomic mass is 9.90. The van der Waals surface area contributed by atoms with Crippen molar-refractivity contribution in [1.82, 2.24) is 14.9 Å². The number of aromatic nitrogens is 2.